The van der Waals surface area contributed by atoms with Crippen molar-refractivity contribution in [2.75, 3.05) is 18.0 Å². The van der Waals surface area contributed by atoms with Crippen molar-refractivity contribution in [3.8, 4) is 0 Å². The van der Waals surface area contributed by atoms with Gasteiger partial charge in [-0.15, -0.1) is 0 Å². The Balaban J connectivity index is 2.14. The first-order valence-electron chi connectivity index (χ1n) is 7.57. The minimum atomic E-state index is 0.394. The number of nitrogens with zero attached hydrogens (tertiary/aromatic N) is 2. The van der Waals surface area contributed by atoms with Crippen LogP contribution in [0, 0.1) is 5.92 Å². The van der Waals surface area contributed by atoms with Gasteiger partial charge in [-0.05, 0) is 56.8 Å². The Labute approximate surface area is 117 Å². The number of piperidine rings is 1. The maximum Gasteiger partial charge on any atom is 0.129 e. The van der Waals surface area contributed by atoms with Gasteiger partial charge in [0.05, 0.1) is 0 Å². The molecule has 3 heteroatoms. The number of pyridine rings is 1. The van der Waals surface area contributed by atoms with Crippen LogP contribution in [-0.4, -0.2) is 24.1 Å². The van der Waals surface area contributed by atoms with E-state index in [1.54, 1.807) is 0 Å². The van der Waals surface area contributed by atoms with E-state index >= 15 is 0 Å². The predicted molar refractivity (Wildman–Crippen MR) is 81.5 cm³/mol. The molecule has 1 aliphatic rings. The highest BCUT2D eigenvalue weighted by Gasteiger charge is 2.24. The summed E-state index contributed by atoms with van der Waals surface area (Å²) in [5.74, 6) is 1.98. The molecule has 0 saturated carbocycles. The zero-order chi connectivity index (χ0) is 13.8. The van der Waals surface area contributed by atoms with Gasteiger partial charge in [0.25, 0.3) is 0 Å². The van der Waals surface area contributed by atoms with Crippen molar-refractivity contribution in [3.05, 3.63) is 23.9 Å². The number of anilines is 1. The minimum Gasteiger partial charge on any atom is -0.354 e. The smallest absolute Gasteiger partial charge is 0.129 e. The molecule has 3 atom stereocenters. The summed E-state index contributed by atoms with van der Waals surface area (Å²) in [5, 5.41) is 3.46. The topological polar surface area (TPSA) is 28.2 Å². The van der Waals surface area contributed by atoms with Crippen LogP contribution < -0.4 is 10.2 Å². The predicted octanol–water partition coefficient (Wildman–Crippen LogP) is 3.38. The Hall–Kier alpha value is -1.09. The standard InChI is InChI=1S/C16H27N3/c1-5-17-14(4)15-6-8-18-16(11-15)19-9-7-12(2)10-13(19)3/h6,8,11-14,17H,5,7,9-10H2,1-4H3. The third-order valence-electron chi connectivity index (χ3n) is 4.21. The molecule has 1 aliphatic heterocycles. The molecule has 0 spiro atoms. The van der Waals surface area contributed by atoms with Crippen LogP contribution in [0.1, 0.15) is 52.1 Å². The summed E-state index contributed by atoms with van der Waals surface area (Å²) in [4.78, 5) is 7.04. The Kier molecular flexibility index (Phi) is 4.81. The lowest BCUT2D eigenvalue weighted by atomic mass is 9.93. The number of hydrogen-bond donors (Lipinski definition) is 1. The van der Waals surface area contributed by atoms with E-state index in [0.29, 0.717) is 12.1 Å². The number of hydrogen-bond acceptors (Lipinski definition) is 3. The van der Waals surface area contributed by atoms with Crippen LogP contribution in [0.4, 0.5) is 5.82 Å². The maximum absolute atomic E-state index is 4.58. The Bertz CT molecular complexity index is 405. The molecule has 3 unspecified atom stereocenters. The van der Waals surface area contributed by atoms with E-state index in [2.05, 4.69) is 55.0 Å². The second kappa shape index (κ2) is 6.38. The molecule has 0 bridgehead atoms. The van der Waals surface area contributed by atoms with Gasteiger partial charge in [0.2, 0.25) is 0 Å². The van der Waals surface area contributed by atoms with Gasteiger partial charge in [-0.3, -0.25) is 0 Å². The third kappa shape index (κ3) is 3.47. The summed E-state index contributed by atoms with van der Waals surface area (Å²) in [6.45, 7) is 11.2. The number of nitrogens with one attached hydrogen (secondary N) is 1. The van der Waals surface area contributed by atoms with Crippen molar-refractivity contribution < 1.29 is 0 Å². The molecule has 19 heavy (non-hydrogen) atoms. The lowest BCUT2D eigenvalue weighted by Crippen LogP contribution is -2.40. The van der Waals surface area contributed by atoms with Gasteiger partial charge in [0.15, 0.2) is 0 Å². The fourth-order valence-corrected chi connectivity index (χ4v) is 3.03. The first-order chi connectivity index (χ1) is 9.11. The molecule has 106 valence electrons. The van der Waals surface area contributed by atoms with E-state index in [1.165, 1.54) is 18.4 Å². The second-order valence-corrected chi connectivity index (χ2v) is 5.90. The Morgan fingerprint density at radius 3 is 2.95 bits per heavy atom. The Morgan fingerprint density at radius 1 is 1.47 bits per heavy atom. The van der Waals surface area contributed by atoms with E-state index < -0.39 is 0 Å². The molecule has 1 fully saturated rings. The molecule has 1 aromatic rings. The summed E-state index contributed by atoms with van der Waals surface area (Å²) in [5.41, 5.74) is 1.33. The average Bonchev–Trinajstić information content (AvgIpc) is 2.39. The largest absolute Gasteiger partial charge is 0.354 e. The highest BCUT2D eigenvalue weighted by atomic mass is 15.2. The summed E-state index contributed by atoms with van der Waals surface area (Å²) < 4.78 is 0. The normalized spacial score (nSPS) is 25.4. The molecule has 1 saturated heterocycles. The first-order valence-corrected chi connectivity index (χ1v) is 7.57. The number of aromatic nitrogens is 1. The lowest BCUT2D eigenvalue weighted by Gasteiger charge is -2.37. The fraction of sp³-hybridized carbons (Fsp3) is 0.688. The summed E-state index contributed by atoms with van der Waals surface area (Å²) in [6.07, 6.45) is 4.50. The summed E-state index contributed by atoms with van der Waals surface area (Å²) >= 11 is 0. The van der Waals surface area contributed by atoms with Gasteiger partial charge in [-0.1, -0.05) is 13.8 Å². The molecule has 2 rings (SSSR count). The van der Waals surface area contributed by atoms with E-state index in [0.717, 1.165) is 24.8 Å². The van der Waals surface area contributed by atoms with Crippen molar-refractivity contribution >= 4 is 5.82 Å². The third-order valence-corrected chi connectivity index (χ3v) is 4.21. The molecule has 2 heterocycles. The zero-order valence-corrected chi connectivity index (χ0v) is 12.7. The lowest BCUT2D eigenvalue weighted by molar-refractivity contribution is 0.376. The molecule has 0 radical (unpaired) electrons. The quantitative estimate of drug-likeness (QED) is 0.900. The van der Waals surface area contributed by atoms with E-state index in [4.69, 9.17) is 0 Å². The van der Waals surface area contributed by atoms with Crippen LogP contribution in [0.25, 0.3) is 0 Å². The van der Waals surface area contributed by atoms with Crippen LogP contribution in [0.5, 0.6) is 0 Å². The summed E-state index contributed by atoms with van der Waals surface area (Å²) in [6, 6.07) is 5.36. The van der Waals surface area contributed by atoms with Crippen molar-refractivity contribution in [1.82, 2.24) is 10.3 Å². The molecular formula is C16H27N3. The van der Waals surface area contributed by atoms with Crippen molar-refractivity contribution in [1.29, 1.82) is 0 Å². The molecule has 1 N–H and O–H groups in total. The molecule has 0 aliphatic carbocycles. The molecule has 0 aromatic carbocycles. The van der Waals surface area contributed by atoms with Gasteiger partial charge < -0.3 is 10.2 Å². The van der Waals surface area contributed by atoms with Crippen LogP contribution >= 0.6 is 0 Å². The van der Waals surface area contributed by atoms with Gasteiger partial charge in [0.1, 0.15) is 5.82 Å². The Morgan fingerprint density at radius 2 is 2.26 bits per heavy atom. The van der Waals surface area contributed by atoms with Gasteiger partial charge >= 0.3 is 0 Å². The SMILES string of the molecule is CCNC(C)c1ccnc(N2CCC(C)CC2C)c1. The highest BCUT2D eigenvalue weighted by Crippen LogP contribution is 2.27. The van der Waals surface area contributed by atoms with Crippen molar-refractivity contribution in [2.45, 2.75) is 52.6 Å². The van der Waals surface area contributed by atoms with E-state index in [-0.39, 0.29) is 0 Å². The summed E-state index contributed by atoms with van der Waals surface area (Å²) in [7, 11) is 0. The van der Waals surface area contributed by atoms with Crippen LogP contribution in [-0.2, 0) is 0 Å². The fourth-order valence-electron chi connectivity index (χ4n) is 3.03. The van der Waals surface area contributed by atoms with Crippen LogP contribution in [0.2, 0.25) is 0 Å². The average molecular weight is 261 g/mol. The van der Waals surface area contributed by atoms with E-state index in [1.807, 2.05) is 6.20 Å². The molecular weight excluding hydrogens is 234 g/mol. The monoisotopic (exact) mass is 261 g/mol. The van der Waals surface area contributed by atoms with Crippen LogP contribution in [0.3, 0.4) is 0 Å². The molecule has 3 nitrogen and oxygen atoms in total. The highest BCUT2D eigenvalue weighted by molar-refractivity contribution is 5.43. The minimum absolute atomic E-state index is 0.394. The van der Waals surface area contributed by atoms with Crippen molar-refractivity contribution in [2.24, 2.45) is 5.92 Å². The molecule has 1 aromatic heterocycles. The van der Waals surface area contributed by atoms with Gasteiger partial charge in [0, 0.05) is 24.8 Å². The van der Waals surface area contributed by atoms with E-state index in [9.17, 15) is 0 Å². The van der Waals surface area contributed by atoms with Gasteiger partial charge in [-0.25, -0.2) is 4.98 Å². The number of rotatable bonds is 4. The molecule has 0 amide bonds. The zero-order valence-electron chi connectivity index (χ0n) is 12.7. The first kappa shape index (κ1) is 14.3. The van der Waals surface area contributed by atoms with Crippen LogP contribution in [0.15, 0.2) is 18.3 Å². The van der Waals surface area contributed by atoms with Crippen molar-refractivity contribution in [3.63, 3.8) is 0 Å². The second-order valence-electron chi connectivity index (χ2n) is 5.90. The maximum atomic E-state index is 4.58. The van der Waals surface area contributed by atoms with Gasteiger partial charge in [-0.2, -0.15) is 0 Å².